The predicted molar refractivity (Wildman–Crippen MR) is 77.7 cm³/mol. The van der Waals surface area contributed by atoms with Gasteiger partial charge in [-0.05, 0) is 11.6 Å². The maximum atomic E-state index is 11.9. The first-order valence-corrected chi connectivity index (χ1v) is 6.08. The SMILES string of the molecule is COCC(N)C(=O)N(C)Cc1ccccc1Br.Cl. The number of hydrogen-bond acceptors (Lipinski definition) is 3. The van der Waals surface area contributed by atoms with Gasteiger partial charge in [0.25, 0.3) is 0 Å². The highest BCUT2D eigenvalue weighted by Crippen LogP contribution is 2.17. The van der Waals surface area contributed by atoms with Crippen LogP contribution in [0.15, 0.2) is 28.7 Å². The molecule has 0 aliphatic carbocycles. The Morgan fingerprint density at radius 1 is 1.50 bits per heavy atom. The number of methoxy groups -OCH3 is 1. The third kappa shape index (κ3) is 4.94. The van der Waals surface area contributed by atoms with E-state index in [4.69, 9.17) is 10.5 Å². The van der Waals surface area contributed by atoms with Gasteiger partial charge in [-0.3, -0.25) is 4.79 Å². The molecule has 0 bridgehead atoms. The summed E-state index contributed by atoms with van der Waals surface area (Å²) < 4.78 is 5.85. The lowest BCUT2D eigenvalue weighted by atomic mass is 10.2. The minimum absolute atomic E-state index is 0. The molecule has 1 aromatic rings. The fraction of sp³-hybridized carbons (Fsp3) is 0.417. The molecule has 0 aliphatic heterocycles. The molecule has 0 saturated carbocycles. The molecule has 1 atom stereocenters. The summed E-state index contributed by atoms with van der Waals surface area (Å²) in [5.41, 5.74) is 6.74. The Bertz CT molecular complexity index is 390. The molecule has 2 N–H and O–H groups in total. The van der Waals surface area contributed by atoms with Gasteiger partial charge in [-0.1, -0.05) is 34.1 Å². The number of carbonyl (C=O) groups is 1. The molecule has 1 unspecified atom stereocenters. The van der Waals surface area contributed by atoms with E-state index in [0.717, 1.165) is 10.0 Å². The van der Waals surface area contributed by atoms with E-state index in [1.807, 2.05) is 24.3 Å². The number of carbonyl (C=O) groups excluding carboxylic acids is 1. The summed E-state index contributed by atoms with van der Waals surface area (Å²) in [5, 5.41) is 0. The summed E-state index contributed by atoms with van der Waals surface area (Å²) in [7, 11) is 3.26. The van der Waals surface area contributed by atoms with E-state index < -0.39 is 6.04 Å². The first-order valence-electron chi connectivity index (χ1n) is 5.29. The number of rotatable bonds is 5. The average molecular weight is 338 g/mol. The van der Waals surface area contributed by atoms with Crippen LogP contribution in [0, 0.1) is 0 Å². The summed E-state index contributed by atoms with van der Waals surface area (Å²) in [6.07, 6.45) is 0. The van der Waals surface area contributed by atoms with E-state index in [-0.39, 0.29) is 24.9 Å². The zero-order valence-corrected chi connectivity index (χ0v) is 12.8. The van der Waals surface area contributed by atoms with Crippen molar-refractivity contribution in [2.45, 2.75) is 12.6 Å². The Kier molecular flexibility index (Phi) is 8.18. The highest BCUT2D eigenvalue weighted by molar-refractivity contribution is 9.10. The third-order valence-electron chi connectivity index (χ3n) is 2.40. The Morgan fingerprint density at radius 2 is 2.11 bits per heavy atom. The molecule has 0 aliphatic rings. The zero-order chi connectivity index (χ0) is 12.8. The Labute approximate surface area is 122 Å². The van der Waals surface area contributed by atoms with E-state index in [1.165, 1.54) is 7.11 Å². The highest BCUT2D eigenvalue weighted by atomic mass is 79.9. The van der Waals surface area contributed by atoms with Crippen molar-refractivity contribution in [2.24, 2.45) is 5.73 Å². The Balaban J connectivity index is 0.00000289. The lowest BCUT2D eigenvalue weighted by Gasteiger charge is -2.21. The number of nitrogens with zero attached hydrogens (tertiary/aromatic N) is 1. The third-order valence-corrected chi connectivity index (χ3v) is 3.18. The number of hydrogen-bond donors (Lipinski definition) is 1. The number of benzene rings is 1. The van der Waals surface area contributed by atoms with Gasteiger partial charge in [-0.15, -0.1) is 12.4 Å². The van der Waals surface area contributed by atoms with Crippen molar-refractivity contribution >= 4 is 34.2 Å². The van der Waals surface area contributed by atoms with E-state index in [9.17, 15) is 4.79 Å². The molecular formula is C12H18BrClN2O2. The van der Waals surface area contributed by atoms with Crippen LogP contribution >= 0.6 is 28.3 Å². The molecule has 1 aromatic carbocycles. The van der Waals surface area contributed by atoms with Gasteiger partial charge in [-0.25, -0.2) is 0 Å². The van der Waals surface area contributed by atoms with E-state index in [1.54, 1.807) is 11.9 Å². The lowest BCUT2D eigenvalue weighted by Crippen LogP contribution is -2.44. The minimum atomic E-state index is -0.604. The fourth-order valence-corrected chi connectivity index (χ4v) is 1.90. The van der Waals surface area contributed by atoms with Crippen molar-refractivity contribution < 1.29 is 9.53 Å². The maximum Gasteiger partial charge on any atom is 0.241 e. The van der Waals surface area contributed by atoms with Gasteiger partial charge in [0.1, 0.15) is 6.04 Å². The van der Waals surface area contributed by atoms with Crippen LogP contribution in [0.5, 0.6) is 0 Å². The number of amides is 1. The molecule has 4 nitrogen and oxygen atoms in total. The molecule has 6 heteroatoms. The molecule has 0 spiro atoms. The minimum Gasteiger partial charge on any atom is -0.383 e. The second-order valence-corrected chi connectivity index (χ2v) is 4.70. The van der Waals surface area contributed by atoms with Gasteiger partial charge in [0.2, 0.25) is 5.91 Å². The normalized spacial score (nSPS) is 11.6. The second-order valence-electron chi connectivity index (χ2n) is 3.85. The molecular weight excluding hydrogens is 320 g/mol. The summed E-state index contributed by atoms with van der Waals surface area (Å²) in [6, 6.07) is 7.19. The van der Waals surface area contributed by atoms with Crippen molar-refractivity contribution in [3.8, 4) is 0 Å². The molecule has 1 amide bonds. The van der Waals surface area contributed by atoms with Crippen LogP contribution in [0.3, 0.4) is 0 Å². The van der Waals surface area contributed by atoms with Crippen LogP contribution in [0.4, 0.5) is 0 Å². The van der Waals surface area contributed by atoms with Crippen LogP contribution in [0.2, 0.25) is 0 Å². The van der Waals surface area contributed by atoms with E-state index in [0.29, 0.717) is 6.54 Å². The summed E-state index contributed by atoms with van der Waals surface area (Å²) in [5.74, 6) is -0.123. The van der Waals surface area contributed by atoms with Gasteiger partial charge in [0.05, 0.1) is 6.61 Å². The predicted octanol–water partition coefficient (Wildman–Crippen LogP) is 1.80. The van der Waals surface area contributed by atoms with Crippen molar-refractivity contribution in [3.05, 3.63) is 34.3 Å². The zero-order valence-electron chi connectivity index (χ0n) is 10.4. The molecule has 0 saturated heterocycles. The van der Waals surface area contributed by atoms with Crippen LogP contribution in [0.1, 0.15) is 5.56 Å². The topological polar surface area (TPSA) is 55.6 Å². The number of halogens is 2. The van der Waals surface area contributed by atoms with Crippen LogP contribution in [-0.4, -0.2) is 37.6 Å². The standard InChI is InChI=1S/C12H17BrN2O2.ClH/c1-15(12(16)11(14)8-17-2)7-9-5-3-4-6-10(9)13;/h3-6,11H,7-8,14H2,1-2H3;1H. The molecule has 0 radical (unpaired) electrons. The summed E-state index contributed by atoms with van der Waals surface area (Å²) in [4.78, 5) is 13.5. The largest absolute Gasteiger partial charge is 0.383 e. The summed E-state index contributed by atoms with van der Waals surface area (Å²) >= 11 is 3.45. The Hall–Kier alpha value is -0.620. The van der Waals surface area contributed by atoms with Gasteiger partial charge >= 0.3 is 0 Å². The molecule has 0 heterocycles. The van der Waals surface area contributed by atoms with Crippen LogP contribution < -0.4 is 5.73 Å². The number of likely N-dealkylation sites (N-methyl/N-ethyl adjacent to an activating group) is 1. The van der Waals surface area contributed by atoms with Crippen molar-refractivity contribution in [3.63, 3.8) is 0 Å². The van der Waals surface area contributed by atoms with Crippen molar-refractivity contribution in [1.29, 1.82) is 0 Å². The maximum absolute atomic E-state index is 11.9. The van der Waals surface area contributed by atoms with Gasteiger partial charge < -0.3 is 15.4 Å². The van der Waals surface area contributed by atoms with E-state index in [2.05, 4.69) is 15.9 Å². The molecule has 1 rings (SSSR count). The van der Waals surface area contributed by atoms with E-state index >= 15 is 0 Å². The number of nitrogens with two attached hydrogens (primary N) is 1. The molecule has 0 fully saturated rings. The molecule has 0 aromatic heterocycles. The molecule has 18 heavy (non-hydrogen) atoms. The quantitative estimate of drug-likeness (QED) is 0.891. The lowest BCUT2D eigenvalue weighted by molar-refractivity contribution is -0.133. The highest BCUT2D eigenvalue weighted by Gasteiger charge is 2.18. The van der Waals surface area contributed by atoms with Crippen LogP contribution in [0.25, 0.3) is 0 Å². The summed E-state index contributed by atoms with van der Waals surface area (Å²) in [6.45, 7) is 0.761. The van der Waals surface area contributed by atoms with Crippen molar-refractivity contribution in [2.75, 3.05) is 20.8 Å². The van der Waals surface area contributed by atoms with Gasteiger partial charge in [0, 0.05) is 25.2 Å². The first kappa shape index (κ1) is 17.4. The fourth-order valence-electron chi connectivity index (χ4n) is 1.49. The Morgan fingerprint density at radius 3 is 2.67 bits per heavy atom. The second kappa shape index (κ2) is 8.48. The smallest absolute Gasteiger partial charge is 0.241 e. The van der Waals surface area contributed by atoms with Gasteiger partial charge in [0.15, 0.2) is 0 Å². The average Bonchev–Trinajstić information content (AvgIpc) is 2.31. The van der Waals surface area contributed by atoms with Gasteiger partial charge in [-0.2, -0.15) is 0 Å². The first-order chi connectivity index (χ1) is 8.06. The monoisotopic (exact) mass is 336 g/mol. The van der Waals surface area contributed by atoms with Crippen molar-refractivity contribution in [1.82, 2.24) is 4.90 Å². The number of ether oxygens (including phenoxy) is 1. The van der Waals surface area contributed by atoms with Crippen LogP contribution in [-0.2, 0) is 16.1 Å². The molecule has 102 valence electrons.